The first kappa shape index (κ1) is 23.0. The van der Waals surface area contributed by atoms with Crippen molar-refractivity contribution in [2.75, 3.05) is 30.1 Å². The number of fused-ring (bicyclic) bond motifs is 4. The van der Waals surface area contributed by atoms with Crippen LogP contribution in [0.25, 0.3) is 10.9 Å². The van der Waals surface area contributed by atoms with Crippen LogP contribution in [0.15, 0.2) is 47.5 Å². The molecule has 3 aromatic rings. The molecule has 2 aliphatic heterocycles. The zero-order valence-electron chi connectivity index (χ0n) is 20.0. The monoisotopic (exact) mass is 504 g/mol. The number of carbonyl (C=O) groups excluding carboxylic acids is 2. The molecular formula is C27H28N4O4S. The largest absolute Gasteiger partial charge is 0.497 e. The van der Waals surface area contributed by atoms with E-state index in [1.54, 1.807) is 19.4 Å². The SMILES string of the molecule is COc1ccc2ncc3c(c2c1)NC(C1CCC(NC(=O)c2ccc4c(c2)NC(=O)CS4)CC1)CO3. The summed E-state index contributed by atoms with van der Waals surface area (Å²) < 4.78 is 11.5. The van der Waals surface area contributed by atoms with Crippen LogP contribution in [0.5, 0.6) is 11.5 Å². The molecule has 186 valence electrons. The van der Waals surface area contributed by atoms with Crippen molar-refractivity contribution in [1.82, 2.24) is 10.3 Å². The standard InChI is InChI=1S/C27H28N4O4S/c1-34-18-7-8-20-19(11-18)26-23(12-28-20)35-13-22(31-26)15-2-5-17(6-3-15)29-27(33)16-4-9-24-21(10-16)30-25(32)14-36-24/h4,7-12,15,17,22,31H,2-3,5-6,13-14H2,1H3,(H,29,33)(H,30,32). The molecule has 9 heteroatoms. The topological polar surface area (TPSA) is 102 Å². The summed E-state index contributed by atoms with van der Waals surface area (Å²) in [6, 6.07) is 11.7. The third-order valence-corrected chi connectivity index (χ3v) is 8.41. The number of nitrogens with one attached hydrogen (secondary N) is 3. The van der Waals surface area contributed by atoms with Gasteiger partial charge in [0.05, 0.1) is 42.0 Å². The van der Waals surface area contributed by atoms with Gasteiger partial charge in [-0.1, -0.05) is 0 Å². The van der Waals surface area contributed by atoms with Crippen molar-refractivity contribution >= 4 is 45.9 Å². The maximum absolute atomic E-state index is 12.9. The van der Waals surface area contributed by atoms with Crippen LogP contribution in [0.2, 0.25) is 0 Å². The number of amides is 2. The predicted molar refractivity (Wildman–Crippen MR) is 140 cm³/mol. The molecule has 1 aromatic heterocycles. The molecule has 2 amide bonds. The summed E-state index contributed by atoms with van der Waals surface area (Å²) >= 11 is 1.50. The van der Waals surface area contributed by atoms with Crippen molar-refractivity contribution in [2.45, 2.75) is 42.7 Å². The minimum Gasteiger partial charge on any atom is -0.497 e. The van der Waals surface area contributed by atoms with Crippen LogP contribution >= 0.6 is 11.8 Å². The molecule has 36 heavy (non-hydrogen) atoms. The van der Waals surface area contributed by atoms with Gasteiger partial charge in [-0.25, -0.2) is 0 Å². The summed E-state index contributed by atoms with van der Waals surface area (Å²) in [5.74, 6) is 2.30. The number of anilines is 2. The molecule has 3 aliphatic rings. The fourth-order valence-corrected chi connectivity index (χ4v) is 6.15. The highest BCUT2D eigenvalue weighted by atomic mass is 32.2. The van der Waals surface area contributed by atoms with Crippen molar-refractivity contribution in [3.8, 4) is 11.5 Å². The Morgan fingerprint density at radius 2 is 2.03 bits per heavy atom. The van der Waals surface area contributed by atoms with E-state index >= 15 is 0 Å². The summed E-state index contributed by atoms with van der Waals surface area (Å²) in [6.07, 6.45) is 5.63. The number of benzene rings is 2. The van der Waals surface area contributed by atoms with Crippen molar-refractivity contribution in [3.05, 3.63) is 48.2 Å². The van der Waals surface area contributed by atoms with Crippen molar-refractivity contribution < 1.29 is 19.1 Å². The van der Waals surface area contributed by atoms with Gasteiger partial charge in [-0.05, 0) is 68.0 Å². The first-order valence-electron chi connectivity index (χ1n) is 12.3. The van der Waals surface area contributed by atoms with Crippen molar-refractivity contribution in [3.63, 3.8) is 0 Å². The van der Waals surface area contributed by atoms with Gasteiger partial charge in [0, 0.05) is 21.9 Å². The number of pyridine rings is 1. The number of hydrogen-bond acceptors (Lipinski definition) is 7. The molecule has 0 radical (unpaired) electrons. The molecule has 1 aliphatic carbocycles. The molecule has 8 nitrogen and oxygen atoms in total. The normalized spacial score (nSPS) is 22.9. The summed E-state index contributed by atoms with van der Waals surface area (Å²) in [4.78, 5) is 30.1. The number of nitrogens with zero attached hydrogens (tertiary/aromatic N) is 1. The number of hydrogen-bond donors (Lipinski definition) is 3. The smallest absolute Gasteiger partial charge is 0.251 e. The number of methoxy groups -OCH3 is 1. The highest BCUT2D eigenvalue weighted by Crippen LogP contribution is 2.40. The highest BCUT2D eigenvalue weighted by Gasteiger charge is 2.32. The maximum Gasteiger partial charge on any atom is 0.251 e. The molecule has 0 bridgehead atoms. The molecule has 3 heterocycles. The predicted octanol–water partition coefficient (Wildman–Crippen LogP) is 4.45. The van der Waals surface area contributed by atoms with Crippen LogP contribution in [0.1, 0.15) is 36.0 Å². The Morgan fingerprint density at radius 1 is 1.17 bits per heavy atom. The average Bonchev–Trinajstić information content (AvgIpc) is 2.92. The lowest BCUT2D eigenvalue weighted by molar-refractivity contribution is -0.113. The van der Waals surface area contributed by atoms with E-state index in [1.165, 1.54) is 11.8 Å². The number of ether oxygens (including phenoxy) is 2. The third kappa shape index (κ3) is 4.43. The molecular weight excluding hydrogens is 476 g/mol. The van der Waals surface area contributed by atoms with Gasteiger partial charge >= 0.3 is 0 Å². The van der Waals surface area contributed by atoms with E-state index in [9.17, 15) is 9.59 Å². The zero-order chi connectivity index (χ0) is 24.6. The third-order valence-electron chi connectivity index (χ3n) is 7.34. The second kappa shape index (κ2) is 9.54. The van der Waals surface area contributed by atoms with Crippen LogP contribution in [0, 0.1) is 5.92 Å². The van der Waals surface area contributed by atoms with E-state index in [0.29, 0.717) is 23.8 Å². The van der Waals surface area contributed by atoms with Crippen LogP contribution < -0.4 is 25.4 Å². The first-order valence-corrected chi connectivity index (χ1v) is 13.3. The molecule has 1 atom stereocenters. The second-order valence-corrected chi connectivity index (χ2v) is 10.6. The van der Waals surface area contributed by atoms with Gasteiger partial charge in [0.25, 0.3) is 5.91 Å². The molecule has 1 unspecified atom stereocenters. The number of thioether (sulfide) groups is 1. The number of carbonyl (C=O) groups is 2. The van der Waals surface area contributed by atoms with Gasteiger partial charge in [-0.3, -0.25) is 14.6 Å². The van der Waals surface area contributed by atoms with E-state index in [4.69, 9.17) is 9.47 Å². The number of aromatic nitrogens is 1. The average molecular weight is 505 g/mol. The summed E-state index contributed by atoms with van der Waals surface area (Å²) in [7, 11) is 1.66. The molecule has 6 rings (SSSR count). The van der Waals surface area contributed by atoms with E-state index in [2.05, 4.69) is 20.9 Å². The lowest BCUT2D eigenvalue weighted by Crippen LogP contribution is -2.43. The minimum absolute atomic E-state index is 0.0327. The fraction of sp³-hybridized carbons (Fsp3) is 0.370. The lowest BCUT2D eigenvalue weighted by atomic mass is 9.81. The number of rotatable bonds is 4. The molecule has 1 fully saturated rings. The van der Waals surface area contributed by atoms with E-state index in [0.717, 1.165) is 64.4 Å². The first-order chi connectivity index (χ1) is 17.6. The Morgan fingerprint density at radius 3 is 2.86 bits per heavy atom. The van der Waals surface area contributed by atoms with Crippen molar-refractivity contribution in [2.24, 2.45) is 5.92 Å². The quantitative estimate of drug-likeness (QED) is 0.483. The Hall–Kier alpha value is -3.46. The maximum atomic E-state index is 12.9. The Balaban J connectivity index is 1.09. The second-order valence-electron chi connectivity index (χ2n) is 9.58. The molecule has 0 saturated heterocycles. The van der Waals surface area contributed by atoms with Gasteiger partial charge in [0.1, 0.15) is 12.4 Å². The summed E-state index contributed by atoms with van der Waals surface area (Å²) in [5, 5.41) is 10.8. The van der Waals surface area contributed by atoms with E-state index < -0.39 is 0 Å². The van der Waals surface area contributed by atoms with Crippen LogP contribution in [-0.2, 0) is 4.79 Å². The fourth-order valence-electron chi connectivity index (χ4n) is 5.36. The van der Waals surface area contributed by atoms with E-state index in [-0.39, 0.29) is 23.9 Å². The minimum atomic E-state index is -0.0907. The lowest BCUT2D eigenvalue weighted by Gasteiger charge is -2.37. The molecule has 0 spiro atoms. The zero-order valence-corrected chi connectivity index (χ0v) is 20.8. The highest BCUT2D eigenvalue weighted by molar-refractivity contribution is 8.00. The Labute approximate surface area is 213 Å². The molecule has 2 aromatic carbocycles. The van der Waals surface area contributed by atoms with Gasteiger partial charge in [0.15, 0.2) is 5.75 Å². The van der Waals surface area contributed by atoms with Crippen LogP contribution in [-0.4, -0.2) is 48.4 Å². The van der Waals surface area contributed by atoms with Gasteiger partial charge in [-0.15, -0.1) is 11.8 Å². The molecule has 3 N–H and O–H groups in total. The van der Waals surface area contributed by atoms with E-state index in [1.807, 2.05) is 30.3 Å². The van der Waals surface area contributed by atoms with Crippen molar-refractivity contribution in [1.29, 1.82) is 0 Å². The molecule has 1 saturated carbocycles. The summed E-state index contributed by atoms with van der Waals surface area (Å²) in [6.45, 7) is 0.602. The summed E-state index contributed by atoms with van der Waals surface area (Å²) in [5.41, 5.74) is 3.17. The Kier molecular flexibility index (Phi) is 6.08. The Bertz CT molecular complexity index is 1330. The van der Waals surface area contributed by atoms with Gasteiger partial charge in [0.2, 0.25) is 5.91 Å². The van der Waals surface area contributed by atoms with Gasteiger partial charge in [-0.2, -0.15) is 0 Å². The van der Waals surface area contributed by atoms with Crippen LogP contribution in [0.4, 0.5) is 11.4 Å². The van der Waals surface area contributed by atoms with Crippen LogP contribution in [0.3, 0.4) is 0 Å². The van der Waals surface area contributed by atoms with Gasteiger partial charge < -0.3 is 25.4 Å².